The second-order valence-electron chi connectivity index (χ2n) is 13.7. The number of carbonyl (C=O) groups excluding carboxylic acids is 1. The van der Waals surface area contributed by atoms with Crippen molar-refractivity contribution in [3.63, 3.8) is 0 Å². The Kier molecular flexibility index (Phi) is 28.1. The summed E-state index contributed by atoms with van der Waals surface area (Å²) in [5.74, 6) is -2.22. The summed E-state index contributed by atoms with van der Waals surface area (Å²) in [6.07, 6.45) is 0.509. The van der Waals surface area contributed by atoms with Gasteiger partial charge in [-0.1, -0.05) is 91.4 Å². The zero-order valence-electron chi connectivity index (χ0n) is 31.6. The van der Waals surface area contributed by atoms with E-state index in [2.05, 4.69) is 26.5 Å². The van der Waals surface area contributed by atoms with E-state index in [1.54, 1.807) is 13.8 Å². The normalized spacial score (nSPS) is 30.3. The van der Waals surface area contributed by atoms with Crippen LogP contribution in [0.4, 0.5) is 0 Å². The van der Waals surface area contributed by atoms with Crippen molar-refractivity contribution in [2.45, 2.75) is 211 Å². The number of carbonyl (C=O) groups is 2. The maximum atomic E-state index is 11.0. The molecule has 2 aliphatic heterocycles. The van der Waals surface area contributed by atoms with Crippen LogP contribution in [0, 0.1) is 0 Å². The fourth-order valence-electron chi connectivity index (χ4n) is 5.65. The van der Waals surface area contributed by atoms with E-state index in [0.29, 0.717) is 12.8 Å². The van der Waals surface area contributed by atoms with E-state index in [1.807, 2.05) is 0 Å². The van der Waals surface area contributed by atoms with Crippen molar-refractivity contribution < 1.29 is 75.1 Å². The molecular formula is C36H71NO14. The highest BCUT2D eigenvalue weighted by Crippen LogP contribution is 2.26. The van der Waals surface area contributed by atoms with Crippen LogP contribution in [0.3, 0.4) is 0 Å². The van der Waals surface area contributed by atoms with Crippen molar-refractivity contribution in [2.24, 2.45) is 0 Å². The number of aliphatic hydroxyl groups is 6. The van der Waals surface area contributed by atoms with Gasteiger partial charge >= 0.3 is 5.97 Å². The van der Waals surface area contributed by atoms with Crippen LogP contribution in [-0.2, 0) is 28.5 Å². The van der Waals surface area contributed by atoms with Crippen molar-refractivity contribution in [1.29, 1.82) is 0 Å². The molecule has 2 aliphatic rings. The van der Waals surface area contributed by atoms with Gasteiger partial charge in [-0.05, 0) is 33.1 Å². The summed E-state index contributed by atoms with van der Waals surface area (Å²) in [6.45, 7) is 10.6. The Labute approximate surface area is 304 Å². The maximum Gasteiger partial charge on any atom is 0.305 e. The van der Waals surface area contributed by atoms with Crippen molar-refractivity contribution in [2.75, 3.05) is 6.54 Å². The minimum absolute atomic E-state index is 0.187. The minimum Gasteiger partial charge on any atom is -0.550 e. The van der Waals surface area contributed by atoms with Crippen LogP contribution >= 0.6 is 0 Å². The van der Waals surface area contributed by atoms with Gasteiger partial charge < -0.3 is 70.3 Å². The van der Waals surface area contributed by atoms with Crippen molar-refractivity contribution in [3.8, 4) is 0 Å². The summed E-state index contributed by atoms with van der Waals surface area (Å²) in [5, 5.41) is 78.6. The Morgan fingerprint density at radius 2 is 0.980 bits per heavy atom. The largest absolute Gasteiger partial charge is 0.550 e. The fraction of sp³-hybridized carbons (Fsp3) is 0.944. The molecule has 12 atom stereocenters. The van der Waals surface area contributed by atoms with Gasteiger partial charge in [-0.15, -0.1) is 0 Å². The average molecular weight is 742 g/mol. The Morgan fingerprint density at radius 3 is 1.29 bits per heavy atom. The fourth-order valence-corrected chi connectivity index (χ4v) is 5.65. The lowest BCUT2D eigenvalue weighted by molar-refractivity contribution is -0.368. The number of unbranched alkanes of at least 4 members (excludes halogenated alkanes) is 9. The summed E-state index contributed by atoms with van der Waals surface area (Å²) in [6, 6.07) is 0. The summed E-state index contributed by atoms with van der Waals surface area (Å²) in [5.41, 5.74) is 3.68. The first-order chi connectivity index (χ1) is 24.1. The van der Waals surface area contributed by atoms with Gasteiger partial charge in [-0.25, -0.2) is 0 Å². The molecule has 2 rings (SSSR count). The van der Waals surface area contributed by atoms with Crippen molar-refractivity contribution in [3.05, 3.63) is 0 Å². The molecule has 0 spiro atoms. The number of hydrogen-bond acceptors (Lipinski definition) is 13. The number of carboxylic acids is 2. The number of quaternary nitrogens is 1. The Balaban J connectivity index is 0.000000865. The number of ether oxygens (including phenoxy) is 4. The van der Waals surface area contributed by atoms with Crippen LogP contribution in [0.15, 0.2) is 0 Å². The molecule has 0 amide bonds. The molecule has 10 N–H and O–H groups in total. The molecule has 15 heteroatoms. The molecule has 304 valence electrons. The Morgan fingerprint density at radius 1 is 0.608 bits per heavy atom. The van der Waals surface area contributed by atoms with Gasteiger partial charge in [0.2, 0.25) is 0 Å². The SMILES string of the molecule is CCCCCCCC(CC(=O)O)OC1OC(C)C(O)C(O)C1O.CCCCCCCC(CC(=O)[O-])OC1OC(C)C(O)C(O)C1O.CCCC[NH3+]. The van der Waals surface area contributed by atoms with Crippen LogP contribution < -0.4 is 10.8 Å². The van der Waals surface area contributed by atoms with Gasteiger partial charge in [0.15, 0.2) is 12.6 Å². The molecule has 0 aromatic heterocycles. The molecule has 0 aliphatic carbocycles. The number of hydrogen-bond donors (Lipinski definition) is 8. The number of aliphatic carboxylic acids is 2. The van der Waals surface area contributed by atoms with E-state index < -0.39 is 85.6 Å². The average Bonchev–Trinajstić information content (AvgIpc) is 3.07. The van der Waals surface area contributed by atoms with E-state index >= 15 is 0 Å². The topological polar surface area (TPSA) is 263 Å². The van der Waals surface area contributed by atoms with Gasteiger partial charge in [0, 0.05) is 12.4 Å². The Hall–Kier alpha value is -1.50. The highest BCUT2D eigenvalue weighted by molar-refractivity contribution is 5.67. The Bertz CT molecular complexity index is 817. The lowest BCUT2D eigenvalue weighted by atomic mass is 9.99. The highest BCUT2D eigenvalue weighted by atomic mass is 16.7. The number of carboxylic acid groups (broad SMARTS) is 2. The summed E-state index contributed by atoms with van der Waals surface area (Å²) in [4.78, 5) is 21.8. The molecule has 0 aromatic carbocycles. The van der Waals surface area contributed by atoms with Crippen molar-refractivity contribution in [1.82, 2.24) is 0 Å². The third kappa shape index (κ3) is 21.1. The van der Waals surface area contributed by atoms with Crippen molar-refractivity contribution >= 4 is 11.9 Å². The van der Waals surface area contributed by atoms with Gasteiger partial charge in [-0.3, -0.25) is 4.79 Å². The smallest absolute Gasteiger partial charge is 0.305 e. The first kappa shape index (κ1) is 49.5. The quantitative estimate of drug-likeness (QED) is 0.0713. The van der Waals surface area contributed by atoms with Crippen LogP contribution in [0.5, 0.6) is 0 Å². The molecule has 51 heavy (non-hydrogen) atoms. The molecule has 2 fully saturated rings. The van der Waals surface area contributed by atoms with E-state index in [9.17, 15) is 45.3 Å². The number of rotatable bonds is 22. The van der Waals surface area contributed by atoms with Crippen LogP contribution in [0.2, 0.25) is 0 Å². The van der Waals surface area contributed by atoms with E-state index in [-0.39, 0.29) is 12.8 Å². The number of aliphatic hydroxyl groups excluding tert-OH is 6. The molecular weight excluding hydrogens is 670 g/mol. The zero-order chi connectivity index (χ0) is 38.9. The molecule has 2 saturated heterocycles. The first-order valence-corrected chi connectivity index (χ1v) is 19.1. The molecule has 0 radical (unpaired) electrons. The highest BCUT2D eigenvalue weighted by Gasteiger charge is 2.44. The molecule has 12 unspecified atom stereocenters. The second kappa shape index (κ2) is 28.9. The molecule has 0 aromatic rings. The predicted molar refractivity (Wildman–Crippen MR) is 186 cm³/mol. The molecule has 0 bridgehead atoms. The predicted octanol–water partition coefficient (Wildman–Crippen LogP) is 0.762. The monoisotopic (exact) mass is 741 g/mol. The molecule has 15 nitrogen and oxygen atoms in total. The van der Waals surface area contributed by atoms with Gasteiger partial charge in [-0.2, -0.15) is 0 Å². The molecule has 0 saturated carbocycles. The first-order valence-electron chi connectivity index (χ1n) is 19.1. The zero-order valence-corrected chi connectivity index (χ0v) is 31.6. The van der Waals surface area contributed by atoms with E-state index in [4.69, 9.17) is 24.1 Å². The summed E-state index contributed by atoms with van der Waals surface area (Å²) < 4.78 is 21.8. The van der Waals surface area contributed by atoms with Gasteiger partial charge in [0.05, 0.1) is 37.4 Å². The lowest BCUT2D eigenvalue weighted by Gasteiger charge is -2.40. The van der Waals surface area contributed by atoms with Crippen LogP contribution in [0.1, 0.15) is 137 Å². The standard InChI is InChI=1S/2C16H30O7.C4H11N/c2*1-3-4-5-6-7-8-11(9-12(17)18)23-16-15(21)14(20)13(19)10(2)22-16;1-2-3-4-5/h2*10-11,13-16,19-21H,3-9H2,1-2H3,(H,17,18);2-5H2,1H3. The second-order valence-corrected chi connectivity index (χ2v) is 13.7. The lowest BCUT2D eigenvalue weighted by Crippen LogP contribution is -2.58. The van der Waals surface area contributed by atoms with Gasteiger partial charge in [0.1, 0.15) is 36.6 Å². The minimum atomic E-state index is -1.43. The summed E-state index contributed by atoms with van der Waals surface area (Å²) in [7, 11) is 0. The summed E-state index contributed by atoms with van der Waals surface area (Å²) >= 11 is 0. The maximum absolute atomic E-state index is 11.0. The third-order valence-corrected chi connectivity index (χ3v) is 8.93. The van der Waals surface area contributed by atoms with Gasteiger partial charge in [0.25, 0.3) is 0 Å². The third-order valence-electron chi connectivity index (χ3n) is 8.93. The van der Waals surface area contributed by atoms with Crippen LogP contribution in [0.25, 0.3) is 0 Å². The van der Waals surface area contributed by atoms with Crippen LogP contribution in [-0.4, -0.2) is 128 Å². The molecule has 2 heterocycles. The van der Waals surface area contributed by atoms with E-state index in [0.717, 1.165) is 70.8 Å². The van der Waals surface area contributed by atoms with E-state index in [1.165, 1.54) is 12.8 Å².